The van der Waals surface area contributed by atoms with Crippen LogP contribution in [0.1, 0.15) is 16.8 Å². The van der Waals surface area contributed by atoms with Crippen LogP contribution >= 0.6 is 11.8 Å². The average molecular weight is 409 g/mol. The van der Waals surface area contributed by atoms with Crippen molar-refractivity contribution in [3.05, 3.63) is 29.8 Å². The summed E-state index contributed by atoms with van der Waals surface area (Å²) in [7, 11) is 1.45. The molecule has 9 nitrogen and oxygen atoms in total. The number of hydrogen-bond acceptors (Lipinski definition) is 7. The fourth-order valence-corrected chi connectivity index (χ4v) is 3.05. The quantitative estimate of drug-likeness (QED) is 0.575. The molecule has 2 N–H and O–H groups in total. The monoisotopic (exact) mass is 409 g/mol. The van der Waals surface area contributed by atoms with Crippen LogP contribution in [0, 0.1) is 0 Å². The zero-order valence-corrected chi connectivity index (χ0v) is 16.5. The molecule has 1 heterocycles. The van der Waals surface area contributed by atoms with E-state index >= 15 is 0 Å². The Kier molecular flexibility index (Phi) is 8.12. The zero-order chi connectivity index (χ0) is 20.5. The van der Waals surface area contributed by atoms with Gasteiger partial charge < -0.3 is 20.1 Å². The van der Waals surface area contributed by atoms with Crippen LogP contribution in [-0.2, 0) is 14.3 Å². The van der Waals surface area contributed by atoms with Gasteiger partial charge in [-0.3, -0.25) is 14.5 Å². The molecule has 1 aliphatic rings. The Morgan fingerprint density at radius 2 is 2.07 bits per heavy atom. The van der Waals surface area contributed by atoms with Gasteiger partial charge in [-0.15, -0.1) is 0 Å². The number of methoxy groups -OCH3 is 1. The van der Waals surface area contributed by atoms with Gasteiger partial charge in [0.25, 0.3) is 11.8 Å². The summed E-state index contributed by atoms with van der Waals surface area (Å²) in [5.74, 6) is -0.833. The normalized spacial score (nSPS) is 14.2. The summed E-state index contributed by atoms with van der Waals surface area (Å²) in [6.07, 6.45) is 2.21. The molecule has 1 saturated heterocycles. The maximum atomic E-state index is 12.6. The van der Waals surface area contributed by atoms with Crippen LogP contribution in [0.15, 0.2) is 24.3 Å². The van der Waals surface area contributed by atoms with E-state index in [4.69, 9.17) is 9.47 Å². The minimum absolute atomic E-state index is 0.232. The number of esters is 1. The SMILES string of the molecule is COc1ccccc1C(=O)N[C@@H](CCSC)C(=O)OCC(=O)N1CCNC1=O. The van der Waals surface area contributed by atoms with E-state index in [1.165, 1.54) is 18.9 Å². The number of thioether (sulfide) groups is 1. The molecular formula is C18H23N3O6S. The molecule has 0 bridgehead atoms. The first-order valence-corrected chi connectivity index (χ1v) is 10.0. The van der Waals surface area contributed by atoms with E-state index in [-0.39, 0.29) is 12.1 Å². The summed E-state index contributed by atoms with van der Waals surface area (Å²) >= 11 is 1.51. The van der Waals surface area contributed by atoms with Crippen molar-refractivity contribution in [2.24, 2.45) is 0 Å². The Morgan fingerprint density at radius 3 is 2.71 bits per heavy atom. The number of nitrogens with zero attached hydrogens (tertiary/aromatic N) is 1. The summed E-state index contributed by atoms with van der Waals surface area (Å²) in [4.78, 5) is 49.4. The van der Waals surface area contributed by atoms with Crippen molar-refractivity contribution in [3.63, 3.8) is 0 Å². The molecule has 0 aromatic heterocycles. The van der Waals surface area contributed by atoms with Gasteiger partial charge >= 0.3 is 12.0 Å². The molecule has 1 atom stereocenters. The van der Waals surface area contributed by atoms with Gasteiger partial charge in [0, 0.05) is 13.1 Å². The summed E-state index contributed by atoms with van der Waals surface area (Å²) < 4.78 is 10.2. The average Bonchev–Trinajstić information content (AvgIpc) is 3.14. The molecule has 1 aromatic carbocycles. The summed E-state index contributed by atoms with van der Waals surface area (Å²) in [6.45, 7) is 0.0338. The second kappa shape index (κ2) is 10.5. The predicted molar refractivity (Wildman–Crippen MR) is 103 cm³/mol. The smallest absolute Gasteiger partial charge is 0.329 e. The molecule has 0 aliphatic carbocycles. The van der Waals surface area contributed by atoms with Gasteiger partial charge in [0.05, 0.1) is 12.7 Å². The van der Waals surface area contributed by atoms with Gasteiger partial charge in [0.2, 0.25) is 0 Å². The standard InChI is InChI=1S/C18H23N3O6S/c1-26-14-6-4-3-5-12(14)16(23)20-13(7-10-28-2)17(24)27-11-15(22)21-9-8-19-18(21)25/h3-6,13H,7-11H2,1-2H3,(H,19,25)(H,20,23)/t13-/m0/s1. The number of ether oxygens (including phenoxy) is 2. The zero-order valence-electron chi connectivity index (χ0n) is 15.7. The number of imide groups is 1. The second-order valence-corrected chi connectivity index (χ2v) is 6.88. The number of nitrogens with one attached hydrogen (secondary N) is 2. The van der Waals surface area contributed by atoms with Crippen molar-refractivity contribution in [1.29, 1.82) is 0 Å². The first kappa shape index (κ1) is 21.5. The van der Waals surface area contributed by atoms with E-state index in [1.54, 1.807) is 24.3 Å². The number of amides is 4. The molecule has 1 aliphatic heterocycles. The van der Waals surface area contributed by atoms with Crippen LogP contribution in [0.5, 0.6) is 5.75 Å². The lowest BCUT2D eigenvalue weighted by Crippen LogP contribution is -2.44. The largest absolute Gasteiger partial charge is 0.496 e. The highest BCUT2D eigenvalue weighted by Crippen LogP contribution is 2.17. The lowest BCUT2D eigenvalue weighted by molar-refractivity contribution is -0.152. The molecule has 0 radical (unpaired) electrons. The molecule has 2 rings (SSSR count). The number of urea groups is 1. The van der Waals surface area contributed by atoms with Crippen LogP contribution in [0.2, 0.25) is 0 Å². The van der Waals surface area contributed by atoms with Crippen molar-refractivity contribution < 1.29 is 28.7 Å². The predicted octanol–water partition coefficient (Wildman–Crippen LogP) is 0.642. The number of rotatable bonds is 9. The van der Waals surface area contributed by atoms with Crippen LogP contribution in [0.3, 0.4) is 0 Å². The Labute approximate surface area is 167 Å². The van der Waals surface area contributed by atoms with Gasteiger partial charge in [0.1, 0.15) is 11.8 Å². The molecule has 152 valence electrons. The molecule has 1 fully saturated rings. The number of carbonyl (C=O) groups is 4. The molecule has 1 aromatic rings. The Bertz CT molecular complexity index is 742. The highest BCUT2D eigenvalue weighted by atomic mass is 32.2. The van der Waals surface area contributed by atoms with Crippen LogP contribution in [0.25, 0.3) is 0 Å². The third kappa shape index (κ3) is 5.62. The molecule has 0 saturated carbocycles. The second-order valence-electron chi connectivity index (χ2n) is 5.89. The molecule has 10 heteroatoms. The molecule has 4 amide bonds. The van der Waals surface area contributed by atoms with E-state index in [0.29, 0.717) is 24.5 Å². The van der Waals surface area contributed by atoms with E-state index in [2.05, 4.69) is 10.6 Å². The summed E-state index contributed by atoms with van der Waals surface area (Å²) in [5, 5.41) is 5.13. The molecule has 0 unspecified atom stereocenters. The summed E-state index contributed by atoms with van der Waals surface area (Å²) in [6, 6.07) is 5.21. The molecule has 0 spiro atoms. The van der Waals surface area contributed by atoms with Gasteiger partial charge in [0.15, 0.2) is 6.61 Å². The number of hydrogen-bond donors (Lipinski definition) is 2. The van der Waals surface area contributed by atoms with Gasteiger partial charge in [-0.1, -0.05) is 12.1 Å². The number of benzene rings is 1. The number of carbonyl (C=O) groups excluding carboxylic acids is 4. The summed E-state index contributed by atoms with van der Waals surface area (Å²) in [5.41, 5.74) is 0.289. The maximum Gasteiger partial charge on any atom is 0.329 e. The third-order valence-corrected chi connectivity index (χ3v) is 4.69. The van der Waals surface area contributed by atoms with Crippen LogP contribution in [-0.4, -0.2) is 73.6 Å². The van der Waals surface area contributed by atoms with Crippen LogP contribution in [0.4, 0.5) is 4.79 Å². The van der Waals surface area contributed by atoms with E-state index in [0.717, 1.165) is 4.90 Å². The fourth-order valence-electron chi connectivity index (χ4n) is 2.57. The van der Waals surface area contributed by atoms with Crippen molar-refractivity contribution in [2.45, 2.75) is 12.5 Å². The highest BCUT2D eigenvalue weighted by molar-refractivity contribution is 7.98. The van der Waals surface area contributed by atoms with Crippen LogP contribution < -0.4 is 15.4 Å². The van der Waals surface area contributed by atoms with Gasteiger partial charge in [-0.05, 0) is 30.6 Å². The Morgan fingerprint density at radius 1 is 1.32 bits per heavy atom. The van der Waals surface area contributed by atoms with E-state index in [1.807, 2.05) is 6.26 Å². The van der Waals surface area contributed by atoms with E-state index < -0.39 is 36.5 Å². The maximum absolute atomic E-state index is 12.6. The van der Waals surface area contributed by atoms with Crippen molar-refractivity contribution in [1.82, 2.24) is 15.5 Å². The van der Waals surface area contributed by atoms with Gasteiger partial charge in [-0.2, -0.15) is 11.8 Å². The van der Waals surface area contributed by atoms with E-state index in [9.17, 15) is 19.2 Å². The van der Waals surface area contributed by atoms with Crippen molar-refractivity contribution in [2.75, 3.05) is 38.8 Å². The molecular weight excluding hydrogens is 386 g/mol. The lowest BCUT2D eigenvalue weighted by atomic mass is 10.1. The Balaban J connectivity index is 1.99. The van der Waals surface area contributed by atoms with Crippen molar-refractivity contribution in [3.8, 4) is 5.75 Å². The first-order chi connectivity index (χ1) is 13.5. The Hall–Kier alpha value is -2.75. The third-order valence-electron chi connectivity index (χ3n) is 4.05. The number of para-hydroxylation sites is 1. The molecule has 28 heavy (non-hydrogen) atoms. The fraction of sp³-hybridized carbons (Fsp3) is 0.444. The first-order valence-electron chi connectivity index (χ1n) is 8.65. The van der Waals surface area contributed by atoms with Crippen molar-refractivity contribution >= 4 is 35.6 Å². The highest BCUT2D eigenvalue weighted by Gasteiger charge is 2.29. The topological polar surface area (TPSA) is 114 Å². The minimum atomic E-state index is -0.926. The lowest BCUT2D eigenvalue weighted by Gasteiger charge is -2.19. The minimum Gasteiger partial charge on any atom is -0.496 e. The van der Waals surface area contributed by atoms with Gasteiger partial charge in [-0.25, -0.2) is 9.59 Å².